The van der Waals surface area contributed by atoms with Gasteiger partial charge in [0.1, 0.15) is 6.54 Å². The van der Waals surface area contributed by atoms with E-state index >= 15 is 0 Å². The summed E-state index contributed by atoms with van der Waals surface area (Å²) in [5.74, 6) is -0.437. The number of carbonyl (C=O) groups excluding carboxylic acids is 1. The Hall–Kier alpha value is -1.95. The number of nitrogen functional groups attached to an aromatic ring is 1. The number of ether oxygens (including phenoxy) is 1. The van der Waals surface area contributed by atoms with Crippen LogP contribution in [0.1, 0.15) is 6.92 Å². The van der Waals surface area contributed by atoms with Gasteiger partial charge in [0, 0.05) is 19.4 Å². The van der Waals surface area contributed by atoms with Gasteiger partial charge in [-0.1, -0.05) is 0 Å². The molecule has 104 valence electrons. The van der Waals surface area contributed by atoms with Crippen molar-refractivity contribution in [2.75, 3.05) is 12.3 Å². The van der Waals surface area contributed by atoms with Crippen molar-refractivity contribution in [2.45, 2.75) is 13.5 Å². The molecule has 2 rings (SSSR count). The Balaban J connectivity index is 0.00000180. The molecule has 0 aliphatic rings. The standard InChI is InChI=1S/C12H15N3O3.ClH/c1-3-18-10(16)7-15-5-4-9-11(12(15)17)8(13)6-14(9)2;/h4-6H,3,7,13H2,1-2H3;1H. The van der Waals surface area contributed by atoms with Gasteiger partial charge in [-0.3, -0.25) is 9.59 Å². The normalized spacial score (nSPS) is 10.2. The Morgan fingerprint density at radius 1 is 1.47 bits per heavy atom. The minimum Gasteiger partial charge on any atom is -0.465 e. The van der Waals surface area contributed by atoms with Crippen molar-refractivity contribution < 1.29 is 9.53 Å². The van der Waals surface area contributed by atoms with Gasteiger partial charge < -0.3 is 19.6 Å². The molecule has 0 radical (unpaired) electrons. The summed E-state index contributed by atoms with van der Waals surface area (Å²) in [5, 5.41) is 0.435. The van der Waals surface area contributed by atoms with E-state index in [1.54, 1.807) is 30.0 Å². The summed E-state index contributed by atoms with van der Waals surface area (Å²) in [6, 6.07) is 1.76. The lowest BCUT2D eigenvalue weighted by molar-refractivity contribution is -0.143. The molecule has 7 heteroatoms. The molecule has 2 aromatic heterocycles. The minimum atomic E-state index is -0.437. The molecule has 0 aliphatic heterocycles. The number of carbonyl (C=O) groups is 1. The predicted molar refractivity (Wildman–Crippen MR) is 75.5 cm³/mol. The fourth-order valence-corrected chi connectivity index (χ4v) is 1.94. The highest BCUT2D eigenvalue weighted by molar-refractivity contribution is 5.91. The van der Waals surface area contributed by atoms with Crippen LogP contribution in [0, 0.1) is 0 Å². The van der Waals surface area contributed by atoms with Crippen LogP contribution in [0.3, 0.4) is 0 Å². The number of hydrogen-bond acceptors (Lipinski definition) is 4. The molecule has 19 heavy (non-hydrogen) atoms. The quantitative estimate of drug-likeness (QED) is 0.850. The van der Waals surface area contributed by atoms with Gasteiger partial charge >= 0.3 is 5.97 Å². The Morgan fingerprint density at radius 3 is 2.79 bits per heavy atom. The summed E-state index contributed by atoms with van der Waals surface area (Å²) in [7, 11) is 1.81. The van der Waals surface area contributed by atoms with Gasteiger partial charge in [-0.2, -0.15) is 0 Å². The maximum Gasteiger partial charge on any atom is 0.326 e. The number of nitrogens with two attached hydrogens (primary N) is 1. The second-order valence-electron chi connectivity index (χ2n) is 4.01. The van der Waals surface area contributed by atoms with Gasteiger partial charge in [0.2, 0.25) is 0 Å². The third-order valence-electron chi connectivity index (χ3n) is 2.75. The van der Waals surface area contributed by atoms with E-state index in [4.69, 9.17) is 10.5 Å². The molecular weight excluding hydrogens is 270 g/mol. The Kier molecular flexibility index (Phi) is 4.61. The fourth-order valence-electron chi connectivity index (χ4n) is 1.94. The zero-order valence-electron chi connectivity index (χ0n) is 10.8. The molecule has 0 saturated heterocycles. The van der Waals surface area contributed by atoms with Gasteiger partial charge in [0.05, 0.1) is 23.2 Å². The van der Waals surface area contributed by atoms with E-state index in [0.29, 0.717) is 17.7 Å². The first-order chi connectivity index (χ1) is 8.54. The maximum atomic E-state index is 12.2. The third-order valence-corrected chi connectivity index (χ3v) is 2.75. The first-order valence-corrected chi connectivity index (χ1v) is 5.64. The first-order valence-electron chi connectivity index (χ1n) is 5.64. The van der Waals surface area contributed by atoms with Crippen LogP contribution < -0.4 is 11.3 Å². The molecule has 0 unspecified atom stereocenters. The van der Waals surface area contributed by atoms with Crippen molar-refractivity contribution in [3.8, 4) is 0 Å². The SMILES string of the molecule is CCOC(=O)Cn1ccc2c(c(N)cn2C)c1=O.Cl. The lowest BCUT2D eigenvalue weighted by Gasteiger charge is -2.06. The van der Waals surface area contributed by atoms with Crippen LogP contribution >= 0.6 is 12.4 Å². The molecule has 0 fully saturated rings. The molecule has 0 aliphatic carbocycles. The molecule has 6 nitrogen and oxygen atoms in total. The Bertz CT molecular complexity index is 660. The largest absolute Gasteiger partial charge is 0.465 e. The summed E-state index contributed by atoms with van der Waals surface area (Å²) >= 11 is 0. The van der Waals surface area contributed by atoms with Crippen molar-refractivity contribution in [2.24, 2.45) is 7.05 Å². The molecule has 0 atom stereocenters. The van der Waals surface area contributed by atoms with Crippen molar-refractivity contribution in [1.29, 1.82) is 0 Å². The summed E-state index contributed by atoms with van der Waals surface area (Å²) in [4.78, 5) is 23.5. The average molecular weight is 286 g/mol. The second-order valence-corrected chi connectivity index (χ2v) is 4.01. The summed E-state index contributed by atoms with van der Waals surface area (Å²) in [6.07, 6.45) is 3.25. The van der Waals surface area contributed by atoms with Gasteiger partial charge in [-0.15, -0.1) is 12.4 Å². The number of aryl methyl sites for hydroxylation is 1. The smallest absolute Gasteiger partial charge is 0.326 e. The van der Waals surface area contributed by atoms with E-state index in [1.807, 2.05) is 7.05 Å². The molecule has 0 saturated carbocycles. The summed E-state index contributed by atoms with van der Waals surface area (Å²) in [6.45, 7) is 1.92. The van der Waals surface area contributed by atoms with Crippen molar-refractivity contribution in [3.63, 3.8) is 0 Å². The number of fused-ring (bicyclic) bond motifs is 1. The third kappa shape index (κ3) is 2.73. The summed E-state index contributed by atoms with van der Waals surface area (Å²) in [5.41, 5.74) is 6.67. The molecule has 2 heterocycles. The average Bonchev–Trinajstić information content (AvgIpc) is 2.59. The number of halogens is 1. The van der Waals surface area contributed by atoms with Crippen LogP contribution in [-0.2, 0) is 23.1 Å². The lowest BCUT2D eigenvalue weighted by Crippen LogP contribution is -2.25. The van der Waals surface area contributed by atoms with E-state index in [9.17, 15) is 9.59 Å². The maximum absolute atomic E-state index is 12.2. The number of nitrogens with zero attached hydrogens (tertiary/aromatic N) is 2. The lowest BCUT2D eigenvalue weighted by atomic mass is 10.3. The first kappa shape index (κ1) is 15.1. The predicted octanol–water partition coefficient (Wildman–Crippen LogP) is 0.907. The monoisotopic (exact) mass is 285 g/mol. The molecule has 0 bridgehead atoms. The van der Waals surface area contributed by atoms with Crippen LogP contribution in [0.4, 0.5) is 5.69 Å². The van der Waals surface area contributed by atoms with E-state index in [-0.39, 0.29) is 24.5 Å². The number of pyridine rings is 1. The minimum absolute atomic E-state index is 0. The highest BCUT2D eigenvalue weighted by Gasteiger charge is 2.12. The van der Waals surface area contributed by atoms with Crippen LogP contribution in [-0.4, -0.2) is 21.7 Å². The molecule has 0 amide bonds. The van der Waals surface area contributed by atoms with Crippen molar-refractivity contribution in [1.82, 2.24) is 9.13 Å². The second kappa shape index (κ2) is 5.79. The summed E-state index contributed by atoms with van der Waals surface area (Å²) < 4.78 is 7.89. The van der Waals surface area contributed by atoms with E-state index in [1.165, 1.54) is 4.57 Å². The van der Waals surface area contributed by atoms with E-state index < -0.39 is 5.97 Å². The highest BCUT2D eigenvalue weighted by atomic mass is 35.5. The Morgan fingerprint density at radius 2 is 2.16 bits per heavy atom. The van der Waals surface area contributed by atoms with Crippen molar-refractivity contribution >= 4 is 35.0 Å². The number of rotatable bonds is 3. The topological polar surface area (TPSA) is 79.2 Å². The van der Waals surface area contributed by atoms with E-state index in [2.05, 4.69) is 0 Å². The number of hydrogen-bond donors (Lipinski definition) is 1. The zero-order valence-corrected chi connectivity index (χ0v) is 11.6. The number of esters is 1. The molecular formula is C12H16ClN3O3. The van der Waals surface area contributed by atoms with E-state index in [0.717, 1.165) is 5.52 Å². The molecule has 0 aromatic carbocycles. The van der Waals surface area contributed by atoms with Crippen LogP contribution in [0.15, 0.2) is 23.3 Å². The van der Waals surface area contributed by atoms with Crippen molar-refractivity contribution in [3.05, 3.63) is 28.8 Å². The van der Waals surface area contributed by atoms with Gasteiger partial charge in [-0.05, 0) is 13.0 Å². The molecule has 2 N–H and O–H groups in total. The van der Waals surface area contributed by atoms with Crippen LogP contribution in [0.25, 0.3) is 10.9 Å². The fraction of sp³-hybridized carbons (Fsp3) is 0.333. The number of aromatic nitrogens is 2. The zero-order chi connectivity index (χ0) is 13.3. The van der Waals surface area contributed by atoms with Gasteiger partial charge in [0.15, 0.2) is 0 Å². The van der Waals surface area contributed by atoms with Gasteiger partial charge in [0.25, 0.3) is 5.56 Å². The Labute approximate surface area is 116 Å². The van der Waals surface area contributed by atoms with Crippen LogP contribution in [0.5, 0.6) is 0 Å². The molecule has 0 spiro atoms. The van der Waals surface area contributed by atoms with Gasteiger partial charge in [-0.25, -0.2) is 0 Å². The number of anilines is 1. The highest BCUT2D eigenvalue weighted by Crippen LogP contribution is 2.18. The van der Waals surface area contributed by atoms with Crippen LogP contribution in [0.2, 0.25) is 0 Å². The molecule has 2 aromatic rings.